The van der Waals surface area contributed by atoms with E-state index in [0.717, 1.165) is 37.7 Å². The van der Waals surface area contributed by atoms with Gasteiger partial charge in [-0.05, 0) is 50.4 Å². The molecule has 1 aliphatic heterocycles. The Morgan fingerprint density at radius 1 is 1.53 bits per heavy atom. The highest BCUT2D eigenvalue weighted by Gasteiger charge is 2.15. The molecule has 1 unspecified atom stereocenters. The van der Waals surface area contributed by atoms with Crippen molar-refractivity contribution in [2.24, 2.45) is 5.92 Å². The molecule has 1 fully saturated rings. The van der Waals surface area contributed by atoms with Crippen molar-refractivity contribution in [2.75, 3.05) is 31.6 Å². The largest absolute Gasteiger partial charge is 0.342 e. The lowest BCUT2D eigenvalue weighted by Gasteiger charge is -2.21. The van der Waals surface area contributed by atoms with Gasteiger partial charge in [-0.25, -0.2) is 0 Å². The van der Waals surface area contributed by atoms with E-state index in [1.165, 1.54) is 19.4 Å². The molecule has 0 saturated carbocycles. The molecule has 1 aromatic rings. The van der Waals surface area contributed by atoms with Crippen molar-refractivity contribution < 1.29 is 4.52 Å². The van der Waals surface area contributed by atoms with Crippen LogP contribution in [0.1, 0.15) is 32.1 Å². The van der Waals surface area contributed by atoms with Gasteiger partial charge in [0.1, 0.15) is 0 Å². The Morgan fingerprint density at radius 3 is 3.12 bits per heavy atom. The van der Waals surface area contributed by atoms with E-state index < -0.39 is 0 Å². The first-order valence-corrected chi connectivity index (χ1v) is 6.54. The molecule has 17 heavy (non-hydrogen) atoms. The van der Waals surface area contributed by atoms with Crippen molar-refractivity contribution in [3.63, 3.8) is 0 Å². The molecule has 0 radical (unpaired) electrons. The number of rotatable bonds is 5. The molecule has 5 nitrogen and oxygen atoms in total. The average molecular weight is 238 g/mol. The van der Waals surface area contributed by atoms with Gasteiger partial charge in [-0.1, -0.05) is 0 Å². The zero-order valence-electron chi connectivity index (χ0n) is 10.8. The maximum absolute atomic E-state index is 5.26. The van der Waals surface area contributed by atoms with Gasteiger partial charge in [-0.15, -0.1) is 0 Å². The van der Waals surface area contributed by atoms with Crippen LogP contribution < -0.4 is 10.2 Å². The zero-order chi connectivity index (χ0) is 12.1. The van der Waals surface area contributed by atoms with Crippen LogP contribution in [0.4, 0.5) is 5.95 Å². The summed E-state index contributed by atoms with van der Waals surface area (Å²) in [6.07, 6.45) is 4.66. The monoisotopic (exact) mass is 238 g/mol. The molecule has 5 heteroatoms. The Hall–Kier alpha value is -1.10. The minimum atomic E-state index is 0.698. The van der Waals surface area contributed by atoms with Crippen molar-refractivity contribution in [2.45, 2.75) is 32.6 Å². The molecule has 2 rings (SSSR count). The number of nitrogens with one attached hydrogen (secondary N) is 1. The quantitative estimate of drug-likeness (QED) is 0.841. The van der Waals surface area contributed by atoms with Gasteiger partial charge in [0.15, 0.2) is 0 Å². The second kappa shape index (κ2) is 6.00. The van der Waals surface area contributed by atoms with Gasteiger partial charge < -0.3 is 14.7 Å². The maximum atomic E-state index is 5.26. The van der Waals surface area contributed by atoms with Crippen molar-refractivity contribution in [1.29, 1.82) is 0 Å². The Bertz CT molecular complexity index is 333. The summed E-state index contributed by atoms with van der Waals surface area (Å²) < 4.78 is 5.26. The summed E-state index contributed by atoms with van der Waals surface area (Å²) in [5, 5.41) is 7.40. The summed E-state index contributed by atoms with van der Waals surface area (Å²) in [6.45, 7) is 5.27. The van der Waals surface area contributed by atoms with Gasteiger partial charge in [0.25, 0.3) is 5.95 Å². The summed E-state index contributed by atoms with van der Waals surface area (Å²) in [7, 11) is 1.97. The third-order valence-electron chi connectivity index (χ3n) is 3.44. The standard InChI is InChI=1S/C12H22N4O/c1-3-16(2)12-14-11(17-15-12)7-6-10-5-4-8-13-9-10/h10,13H,3-9H2,1-2H3. The van der Waals surface area contributed by atoms with Crippen molar-refractivity contribution in [1.82, 2.24) is 15.5 Å². The Labute approximate surface area is 103 Å². The van der Waals surface area contributed by atoms with E-state index in [9.17, 15) is 0 Å². The van der Waals surface area contributed by atoms with Crippen LogP contribution >= 0.6 is 0 Å². The topological polar surface area (TPSA) is 54.2 Å². The lowest BCUT2D eigenvalue weighted by atomic mass is 9.95. The van der Waals surface area contributed by atoms with Crippen LogP contribution in [-0.2, 0) is 6.42 Å². The third kappa shape index (κ3) is 3.43. The van der Waals surface area contributed by atoms with E-state index in [1.54, 1.807) is 0 Å². The molecule has 1 atom stereocenters. The molecular formula is C12H22N4O. The molecule has 96 valence electrons. The first-order valence-electron chi connectivity index (χ1n) is 6.54. The van der Waals surface area contributed by atoms with Crippen molar-refractivity contribution in [3.05, 3.63) is 5.89 Å². The summed E-state index contributed by atoms with van der Waals surface area (Å²) in [5.74, 6) is 2.23. The molecule has 1 aromatic heterocycles. The van der Waals surface area contributed by atoms with E-state index in [2.05, 4.69) is 22.4 Å². The minimum absolute atomic E-state index is 0.698. The molecule has 0 amide bonds. The van der Waals surface area contributed by atoms with E-state index >= 15 is 0 Å². The first kappa shape index (κ1) is 12.4. The molecule has 1 aliphatic rings. The highest BCUT2D eigenvalue weighted by Crippen LogP contribution is 2.17. The van der Waals surface area contributed by atoms with Crippen LogP contribution in [-0.4, -0.2) is 36.8 Å². The second-order valence-corrected chi connectivity index (χ2v) is 4.75. The van der Waals surface area contributed by atoms with Crippen LogP contribution in [0, 0.1) is 5.92 Å². The number of piperidine rings is 1. The molecule has 0 bridgehead atoms. The number of aryl methyl sites for hydroxylation is 1. The number of hydrogen-bond acceptors (Lipinski definition) is 5. The third-order valence-corrected chi connectivity index (χ3v) is 3.44. The zero-order valence-corrected chi connectivity index (χ0v) is 10.8. The Balaban J connectivity index is 1.80. The average Bonchev–Trinajstić information content (AvgIpc) is 2.85. The molecule has 1 saturated heterocycles. The van der Waals surface area contributed by atoms with Gasteiger partial charge in [-0.3, -0.25) is 0 Å². The first-order chi connectivity index (χ1) is 8.29. The van der Waals surface area contributed by atoms with E-state index in [0.29, 0.717) is 5.95 Å². The molecule has 0 aliphatic carbocycles. The summed E-state index contributed by atoms with van der Waals surface area (Å²) in [6, 6.07) is 0. The summed E-state index contributed by atoms with van der Waals surface area (Å²) >= 11 is 0. The number of aromatic nitrogens is 2. The highest BCUT2D eigenvalue weighted by molar-refractivity contribution is 5.24. The lowest BCUT2D eigenvalue weighted by Crippen LogP contribution is -2.29. The summed E-state index contributed by atoms with van der Waals surface area (Å²) in [5.41, 5.74) is 0. The number of nitrogens with zero attached hydrogens (tertiary/aromatic N) is 3. The minimum Gasteiger partial charge on any atom is -0.342 e. The van der Waals surface area contributed by atoms with Gasteiger partial charge in [-0.2, -0.15) is 4.98 Å². The van der Waals surface area contributed by atoms with Crippen LogP contribution in [0.25, 0.3) is 0 Å². The van der Waals surface area contributed by atoms with E-state index in [4.69, 9.17) is 4.52 Å². The van der Waals surface area contributed by atoms with Crippen LogP contribution in [0.2, 0.25) is 0 Å². The maximum Gasteiger partial charge on any atom is 0.265 e. The normalized spacial score (nSPS) is 20.5. The predicted molar refractivity (Wildman–Crippen MR) is 67.2 cm³/mol. The van der Waals surface area contributed by atoms with Gasteiger partial charge in [0, 0.05) is 20.0 Å². The molecule has 0 aromatic carbocycles. The SMILES string of the molecule is CCN(C)c1noc(CCC2CCCNC2)n1. The molecular weight excluding hydrogens is 216 g/mol. The van der Waals surface area contributed by atoms with E-state index in [-0.39, 0.29) is 0 Å². The Morgan fingerprint density at radius 2 is 2.41 bits per heavy atom. The number of hydrogen-bond donors (Lipinski definition) is 1. The van der Waals surface area contributed by atoms with Gasteiger partial charge in [0.05, 0.1) is 0 Å². The highest BCUT2D eigenvalue weighted by atomic mass is 16.5. The fourth-order valence-electron chi connectivity index (χ4n) is 2.14. The second-order valence-electron chi connectivity index (χ2n) is 4.75. The predicted octanol–water partition coefficient (Wildman–Crippen LogP) is 1.46. The van der Waals surface area contributed by atoms with Crippen LogP contribution in [0.5, 0.6) is 0 Å². The summed E-state index contributed by atoms with van der Waals surface area (Å²) in [4.78, 5) is 6.37. The fraction of sp³-hybridized carbons (Fsp3) is 0.833. The number of anilines is 1. The van der Waals surface area contributed by atoms with Gasteiger partial charge >= 0.3 is 0 Å². The van der Waals surface area contributed by atoms with Crippen molar-refractivity contribution >= 4 is 5.95 Å². The van der Waals surface area contributed by atoms with Crippen LogP contribution in [0.3, 0.4) is 0 Å². The lowest BCUT2D eigenvalue weighted by molar-refractivity contribution is 0.327. The van der Waals surface area contributed by atoms with E-state index in [1.807, 2.05) is 11.9 Å². The smallest absolute Gasteiger partial charge is 0.265 e. The van der Waals surface area contributed by atoms with Gasteiger partial charge in [0.2, 0.25) is 5.89 Å². The fourth-order valence-corrected chi connectivity index (χ4v) is 2.14. The Kier molecular flexibility index (Phi) is 4.36. The molecule has 2 heterocycles. The van der Waals surface area contributed by atoms with Crippen LogP contribution in [0.15, 0.2) is 4.52 Å². The van der Waals surface area contributed by atoms with Crippen molar-refractivity contribution in [3.8, 4) is 0 Å². The molecule has 1 N–H and O–H groups in total. The molecule has 0 spiro atoms.